The highest BCUT2D eigenvalue weighted by atomic mass is 35.5. The summed E-state index contributed by atoms with van der Waals surface area (Å²) in [5, 5.41) is 20.4. The maximum atomic E-state index is 12.6. The molecule has 0 spiro atoms. The van der Waals surface area contributed by atoms with Gasteiger partial charge in [0.05, 0.1) is 23.0 Å². The van der Waals surface area contributed by atoms with Crippen LogP contribution in [0.4, 0.5) is 17.1 Å². The second kappa shape index (κ2) is 8.63. The Labute approximate surface area is 182 Å². The Bertz CT molecular complexity index is 1170. The number of aromatic amines is 1. The van der Waals surface area contributed by atoms with Crippen LogP contribution in [0, 0.1) is 0 Å². The molecule has 1 unspecified atom stereocenters. The molecule has 0 fully saturated rings. The number of hydrogen-bond acceptors (Lipinski definition) is 7. The van der Waals surface area contributed by atoms with Crippen molar-refractivity contribution in [2.75, 3.05) is 22.5 Å². The Kier molecular flexibility index (Phi) is 5.75. The quantitative estimate of drug-likeness (QED) is 0.358. The van der Waals surface area contributed by atoms with E-state index in [4.69, 9.17) is 11.6 Å². The second-order valence-electron chi connectivity index (χ2n) is 7.07. The lowest BCUT2D eigenvalue weighted by molar-refractivity contribution is 0.109. The maximum Gasteiger partial charge on any atom is 0.257 e. The van der Waals surface area contributed by atoms with E-state index in [-0.39, 0.29) is 23.2 Å². The highest BCUT2D eigenvalue weighted by molar-refractivity contribution is 6.30. The van der Waals surface area contributed by atoms with E-state index in [0.29, 0.717) is 45.8 Å². The number of aldehydes is 2. The van der Waals surface area contributed by atoms with Crippen molar-refractivity contribution in [1.82, 2.24) is 4.98 Å². The average molecular weight is 439 g/mol. The summed E-state index contributed by atoms with van der Waals surface area (Å²) in [4.78, 5) is 37.7. The smallest absolute Gasteiger partial charge is 0.257 e. The Balaban J connectivity index is 1.58. The molecular formula is C22H19ClN4O4. The highest BCUT2D eigenvalue weighted by Crippen LogP contribution is 2.37. The number of carbonyl (C=O) groups is 2. The van der Waals surface area contributed by atoms with Crippen LogP contribution >= 0.6 is 11.6 Å². The number of carbonyl (C=O) groups excluding carboxylic acids is 2. The molecule has 5 N–H and O–H groups in total. The predicted octanol–water partition coefficient (Wildman–Crippen LogP) is 3.34. The molecule has 9 heteroatoms. The van der Waals surface area contributed by atoms with Gasteiger partial charge in [0.2, 0.25) is 0 Å². The van der Waals surface area contributed by atoms with Gasteiger partial charge in [-0.15, -0.1) is 0 Å². The first-order valence-corrected chi connectivity index (χ1v) is 9.88. The minimum atomic E-state index is -0.835. The topological polar surface area (TPSA) is 123 Å². The highest BCUT2D eigenvalue weighted by Gasteiger charge is 2.27. The summed E-state index contributed by atoms with van der Waals surface area (Å²) in [5.41, 5.74) is 2.94. The summed E-state index contributed by atoms with van der Waals surface area (Å²) >= 11 is 5.99. The molecule has 8 nitrogen and oxygen atoms in total. The number of halogens is 1. The molecule has 3 aromatic rings. The van der Waals surface area contributed by atoms with Gasteiger partial charge in [-0.05, 0) is 35.9 Å². The lowest BCUT2D eigenvalue weighted by Crippen LogP contribution is -2.26. The minimum Gasteiger partial charge on any atom is -0.387 e. The van der Waals surface area contributed by atoms with Gasteiger partial charge in [-0.2, -0.15) is 0 Å². The molecule has 2 heterocycles. The van der Waals surface area contributed by atoms with Crippen LogP contribution in [-0.4, -0.2) is 29.2 Å². The number of anilines is 3. The van der Waals surface area contributed by atoms with Gasteiger partial charge in [-0.3, -0.25) is 14.4 Å². The van der Waals surface area contributed by atoms with E-state index in [1.807, 2.05) is 0 Å². The zero-order valence-corrected chi connectivity index (χ0v) is 16.9. The van der Waals surface area contributed by atoms with Crippen molar-refractivity contribution in [3.05, 3.63) is 86.3 Å². The van der Waals surface area contributed by atoms with Crippen LogP contribution in [0.5, 0.6) is 0 Å². The number of aliphatic hydroxyl groups excluding tert-OH is 1. The summed E-state index contributed by atoms with van der Waals surface area (Å²) in [6.45, 7) is 0.154. The van der Waals surface area contributed by atoms with Gasteiger partial charge in [-0.1, -0.05) is 23.7 Å². The van der Waals surface area contributed by atoms with E-state index in [1.54, 1.807) is 42.5 Å². The molecular weight excluding hydrogens is 420 g/mol. The summed E-state index contributed by atoms with van der Waals surface area (Å²) in [5.74, 6) is 0. The van der Waals surface area contributed by atoms with Crippen molar-refractivity contribution in [3.8, 4) is 0 Å². The molecule has 1 atom stereocenters. The van der Waals surface area contributed by atoms with E-state index in [9.17, 15) is 19.5 Å². The van der Waals surface area contributed by atoms with Crippen molar-refractivity contribution in [3.63, 3.8) is 0 Å². The third-order valence-corrected chi connectivity index (χ3v) is 5.32. The summed E-state index contributed by atoms with van der Waals surface area (Å²) in [7, 11) is 0. The standard InChI is InChI=1S/C22H19ClN4O4/c23-15-3-1-2-12(6-15)19(30)9-25-16-4-5-24-22(31)20(16)21-26-17-7-13(10-28)14(11-29)8-18(17)27-21/h1-8,10-11,19,21,26-27,30H,9H2,(H2,24,25,31). The zero-order valence-electron chi connectivity index (χ0n) is 16.2. The number of fused-ring (bicyclic) bond motifs is 1. The number of nitrogens with one attached hydrogen (secondary N) is 4. The third kappa shape index (κ3) is 4.16. The fraction of sp³-hybridized carbons (Fsp3) is 0.136. The third-order valence-electron chi connectivity index (χ3n) is 5.08. The van der Waals surface area contributed by atoms with Gasteiger partial charge < -0.3 is 26.0 Å². The molecule has 31 heavy (non-hydrogen) atoms. The first-order valence-electron chi connectivity index (χ1n) is 9.50. The van der Waals surface area contributed by atoms with Crippen molar-refractivity contribution in [2.24, 2.45) is 0 Å². The molecule has 0 saturated heterocycles. The Morgan fingerprint density at radius 2 is 1.74 bits per heavy atom. The number of aromatic nitrogens is 1. The Morgan fingerprint density at radius 3 is 2.35 bits per heavy atom. The molecule has 0 saturated carbocycles. The fourth-order valence-corrected chi connectivity index (χ4v) is 3.74. The van der Waals surface area contributed by atoms with Crippen LogP contribution in [0.3, 0.4) is 0 Å². The lowest BCUT2D eigenvalue weighted by atomic mass is 10.1. The Hall–Kier alpha value is -3.62. The second-order valence-corrected chi connectivity index (χ2v) is 7.51. The summed E-state index contributed by atoms with van der Waals surface area (Å²) in [6.07, 6.45) is 1.29. The van der Waals surface area contributed by atoms with E-state index < -0.39 is 12.3 Å². The van der Waals surface area contributed by atoms with Crippen LogP contribution < -0.4 is 21.5 Å². The molecule has 0 aliphatic carbocycles. The number of H-pyrrole nitrogens is 1. The molecule has 1 aliphatic heterocycles. The number of benzene rings is 2. The van der Waals surface area contributed by atoms with E-state index >= 15 is 0 Å². The number of hydrogen-bond donors (Lipinski definition) is 5. The van der Waals surface area contributed by atoms with E-state index in [1.165, 1.54) is 6.20 Å². The van der Waals surface area contributed by atoms with Crippen molar-refractivity contribution in [1.29, 1.82) is 0 Å². The van der Waals surface area contributed by atoms with Crippen molar-refractivity contribution >= 4 is 41.2 Å². The van der Waals surface area contributed by atoms with Gasteiger partial charge in [0, 0.05) is 34.6 Å². The van der Waals surface area contributed by atoms with E-state index in [2.05, 4.69) is 20.9 Å². The normalized spacial score (nSPS) is 13.6. The average Bonchev–Trinajstić information content (AvgIpc) is 3.18. The fourth-order valence-electron chi connectivity index (χ4n) is 3.54. The van der Waals surface area contributed by atoms with Gasteiger partial charge in [-0.25, -0.2) is 0 Å². The largest absolute Gasteiger partial charge is 0.387 e. The summed E-state index contributed by atoms with van der Waals surface area (Å²) in [6, 6.07) is 11.7. The molecule has 1 aliphatic rings. The van der Waals surface area contributed by atoms with Gasteiger partial charge in [0.15, 0.2) is 12.6 Å². The van der Waals surface area contributed by atoms with E-state index in [0.717, 1.165) is 0 Å². The SMILES string of the molecule is O=Cc1cc2c(cc1C=O)NC(c1c(NCC(O)c3cccc(Cl)c3)cc[nH]c1=O)N2. The number of rotatable bonds is 7. The molecule has 0 radical (unpaired) electrons. The van der Waals surface area contributed by atoms with Gasteiger partial charge in [0.25, 0.3) is 5.56 Å². The molecule has 0 bridgehead atoms. The van der Waals surface area contributed by atoms with Crippen LogP contribution in [0.15, 0.2) is 53.5 Å². The number of aliphatic hydroxyl groups is 1. The van der Waals surface area contributed by atoms with Crippen molar-refractivity contribution in [2.45, 2.75) is 12.3 Å². The van der Waals surface area contributed by atoms with Crippen LogP contribution in [0.25, 0.3) is 0 Å². The molecule has 4 rings (SSSR count). The molecule has 1 aromatic heterocycles. The van der Waals surface area contributed by atoms with Crippen LogP contribution in [-0.2, 0) is 0 Å². The molecule has 158 valence electrons. The van der Waals surface area contributed by atoms with Crippen LogP contribution in [0.1, 0.15) is 44.1 Å². The molecule has 0 amide bonds. The number of pyridine rings is 1. The molecule has 2 aromatic carbocycles. The van der Waals surface area contributed by atoms with Gasteiger partial charge in [0.1, 0.15) is 6.17 Å². The maximum absolute atomic E-state index is 12.6. The Morgan fingerprint density at radius 1 is 1.06 bits per heavy atom. The predicted molar refractivity (Wildman–Crippen MR) is 119 cm³/mol. The monoisotopic (exact) mass is 438 g/mol. The zero-order chi connectivity index (χ0) is 22.0. The van der Waals surface area contributed by atoms with Crippen molar-refractivity contribution < 1.29 is 14.7 Å². The minimum absolute atomic E-state index is 0.154. The van der Waals surface area contributed by atoms with Crippen LogP contribution in [0.2, 0.25) is 5.02 Å². The summed E-state index contributed by atoms with van der Waals surface area (Å²) < 4.78 is 0. The first-order chi connectivity index (χ1) is 15.0. The lowest BCUT2D eigenvalue weighted by Gasteiger charge is -2.19. The van der Waals surface area contributed by atoms with Gasteiger partial charge >= 0.3 is 0 Å². The first kappa shape index (κ1) is 20.6.